The van der Waals surface area contributed by atoms with Crippen LogP contribution >= 0.6 is 11.6 Å². The van der Waals surface area contributed by atoms with Gasteiger partial charge in [0.05, 0.1) is 11.2 Å². The summed E-state index contributed by atoms with van der Waals surface area (Å²) in [5, 5.41) is 11.7. The summed E-state index contributed by atoms with van der Waals surface area (Å²) in [6, 6.07) is 4.07. The molecule has 7 heteroatoms. The van der Waals surface area contributed by atoms with Crippen molar-refractivity contribution < 1.29 is 18.8 Å². The van der Waals surface area contributed by atoms with Crippen LogP contribution in [0.15, 0.2) is 28.9 Å². The van der Waals surface area contributed by atoms with Gasteiger partial charge in [-0.1, -0.05) is 16.8 Å². The van der Waals surface area contributed by atoms with E-state index < -0.39 is 11.8 Å². The van der Waals surface area contributed by atoms with Gasteiger partial charge < -0.3 is 15.4 Å². The standard InChI is InChI=1S/C6H5ClFN.C5H5NO3/c7-5-3-4(9)1-2-6(5)8;1-3-4(5(7)8)2-6-9-3/h1-3H,9H2;2H,1H3,(H,7,8). The molecule has 0 aliphatic heterocycles. The molecule has 2 rings (SSSR count). The molecule has 1 aromatic heterocycles. The van der Waals surface area contributed by atoms with Crippen molar-refractivity contribution in [1.29, 1.82) is 0 Å². The van der Waals surface area contributed by atoms with E-state index in [9.17, 15) is 9.18 Å². The van der Waals surface area contributed by atoms with Crippen LogP contribution < -0.4 is 5.73 Å². The molecule has 5 nitrogen and oxygen atoms in total. The molecular formula is C11H10ClFN2O3. The molecule has 1 heterocycles. The predicted molar refractivity (Wildman–Crippen MR) is 64.0 cm³/mol. The van der Waals surface area contributed by atoms with Crippen molar-refractivity contribution in [3.05, 3.63) is 46.6 Å². The lowest BCUT2D eigenvalue weighted by molar-refractivity contribution is 0.0695. The lowest BCUT2D eigenvalue weighted by atomic mass is 10.3. The fraction of sp³-hybridized carbons (Fsp3) is 0.0909. The van der Waals surface area contributed by atoms with E-state index in [0.717, 1.165) is 0 Å². The highest BCUT2D eigenvalue weighted by Gasteiger charge is 2.09. The number of hydrogen-bond acceptors (Lipinski definition) is 4. The third kappa shape index (κ3) is 3.74. The Balaban J connectivity index is 0.000000180. The van der Waals surface area contributed by atoms with E-state index in [1.165, 1.54) is 24.4 Å². The van der Waals surface area contributed by atoms with Gasteiger partial charge in [0.2, 0.25) is 0 Å². The van der Waals surface area contributed by atoms with Crippen LogP contribution in [0, 0.1) is 12.7 Å². The van der Waals surface area contributed by atoms with Gasteiger partial charge in [-0.15, -0.1) is 0 Å². The number of carboxylic acid groups (broad SMARTS) is 1. The third-order valence-corrected chi connectivity index (χ3v) is 2.21. The van der Waals surface area contributed by atoms with Crippen molar-refractivity contribution in [1.82, 2.24) is 5.16 Å². The van der Waals surface area contributed by atoms with E-state index in [1.54, 1.807) is 6.92 Å². The molecule has 1 aromatic carbocycles. The normalized spacial score (nSPS) is 9.50. The highest BCUT2D eigenvalue weighted by Crippen LogP contribution is 2.16. The van der Waals surface area contributed by atoms with Gasteiger partial charge in [0, 0.05) is 5.69 Å². The molecule has 0 fully saturated rings. The molecule has 0 atom stereocenters. The van der Waals surface area contributed by atoms with Crippen LogP contribution in [-0.2, 0) is 0 Å². The first-order valence-electron chi connectivity index (χ1n) is 4.77. The number of rotatable bonds is 1. The van der Waals surface area contributed by atoms with Gasteiger partial charge >= 0.3 is 5.97 Å². The first-order valence-corrected chi connectivity index (χ1v) is 5.14. The minimum absolute atomic E-state index is 0.0648. The first-order chi connectivity index (χ1) is 8.41. The minimum atomic E-state index is -1.01. The minimum Gasteiger partial charge on any atom is -0.478 e. The SMILES string of the molecule is Cc1oncc1C(=O)O.Nc1ccc(F)c(Cl)c1. The van der Waals surface area contributed by atoms with Crippen molar-refractivity contribution in [2.75, 3.05) is 5.73 Å². The molecule has 0 bridgehead atoms. The third-order valence-electron chi connectivity index (χ3n) is 1.92. The largest absolute Gasteiger partial charge is 0.478 e. The van der Waals surface area contributed by atoms with Crippen molar-refractivity contribution in [2.24, 2.45) is 0 Å². The quantitative estimate of drug-likeness (QED) is 0.779. The van der Waals surface area contributed by atoms with Crippen molar-refractivity contribution in [3.63, 3.8) is 0 Å². The topological polar surface area (TPSA) is 89.3 Å². The van der Waals surface area contributed by atoms with E-state index in [1.807, 2.05) is 0 Å². The molecule has 18 heavy (non-hydrogen) atoms. The number of aryl methyl sites for hydroxylation is 1. The van der Waals surface area contributed by atoms with E-state index in [-0.39, 0.29) is 10.6 Å². The van der Waals surface area contributed by atoms with Gasteiger partial charge in [0.1, 0.15) is 17.1 Å². The second kappa shape index (κ2) is 6.02. The van der Waals surface area contributed by atoms with Crippen molar-refractivity contribution >= 4 is 23.3 Å². The molecule has 0 saturated heterocycles. The van der Waals surface area contributed by atoms with Gasteiger partial charge in [-0.25, -0.2) is 9.18 Å². The summed E-state index contributed by atoms with van der Waals surface area (Å²) in [5.41, 5.74) is 5.87. The second-order valence-electron chi connectivity index (χ2n) is 3.27. The smallest absolute Gasteiger partial charge is 0.340 e. The summed E-state index contributed by atoms with van der Waals surface area (Å²) in [7, 11) is 0. The van der Waals surface area contributed by atoms with Gasteiger partial charge in [-0.2, -0.15) is 0 Å². The molecule has 0 spiro atoms. The van der Waals surface area contributed by atoms with E-state index in [2.05, 4.69) is 9.68 Å². The zero-order chi connectivity index (χ0) is 13.7. The average Bonchev–Trinajstić information content (AvgIpc) is 2.71. The Morgan fingerprint density at radius 3 is 2.56 bits per heavy atom. The number of nitrogens with zero attached hydrogens (tertiary/aromatic N) is 1. The number of halogens is 2. The van der Waals surface area contributed by atoms with E-state index in [4.69, 9.17) is 22.4 Å². The van der Waals surface area contributed by atoms with Crippen LogP contribution in [0.3, 0.4) is 0 Å². The molecule has 3 N–H and O–H groups in total. The number of nitrogens with two attached hydrogens (primary N) is 1. The van der Waals surface area contributed by atoms with Crippen LogP contribution in [-0.4, -0.2) is 16.2 Å². The van der Waals surface area contributed by atoms with Gasteiger partial charge in [-0.05, 0) is 25.1 Å². The molecular weight excluding hydrogens is 263 g/mol. The van der Waals surface area contributed by atoms with Crippen molar-refractivity contribution in [3.8, 4) is 0 Å². The number of aromatic nitrogens is 1. The summed E-state index contributed by atoms with van der Waals surface area (Å²) in [4.78, 5) is 10.2. The molecule has 0 unspecified atom stereocenters. The highest BCUT2D eigenvalue weighted by atomic mass is 35.5. The number of nitrogen functional groups attached to an aromatic ring is 1. The Morgan fingerprint density at radius 2 is 2.22 bits per heavy atom. The van der Waals surface area contributed by atoms with Crippen LogP contribution in [0.5, 0.6) is 0 Å². The molecule has 0 saturated carbocycles. The number of hydrogen-bond donors (Lipinski definition) is 2. The van der Waals surface area contributed by atoms with Gasteiger partial charge in [-0.3, -0.25) is 0 Å². The Bertz CT molecular complexity index is 557. The van der Waals surface area contributed by atoms with Crippen LogP contribution in [0.4, 0.5) is 10.1 Å². The summed E-state index contributed by atoms with van der Waals surface area (Å²) >= 11 is 5.36. The maximum absolute atomic E-state index is 12.3. The zero-order valence-electron chi connectivity index (χ0n) is 9.35. The summed E-state index contributed by atoms with van der Waals surface area (Å²) in [6.07, 6.45) is 1.18. The van der Waals surface area contributed by atoms with Crippen LogP contribution in [0.1, 0.15) is 16.1 Å². The van der Waals surface area contributed by atoms with Crippen LogP contribution in [0.25, 0.3) is 0 Å². The maximum atomic E-state index is 12.3. The molecule has 96 valence electrons. The van der Waals surface area contributed by atoms with Crippen molar-refractivity contribution in [2.45, 2.75) is 6.92 Å². The second-order valence-corrected chi connectivity index (χ2v) is 3.68. The summed E-state index contributed by atoms with van der Waals surface area (Å²) in [5.74, 6) is -1.11. The zero-order valence-corrected chi connectivity index (χ0v) is 10.1. The Hall–Kier alpha value is -2.08. The predicted octanol–water partition coefficient (Wildman–Crippen LogP) is 2.74. The van der Waals surface area contributed by atoms with Crippen LogP contribution in [0.2, 0.25) is 5.02 Å². The van der Waals surface area contributed by atoms with E-state index >= 15 is 0 Å². The first kappa shape index (κ1) is 14.0. The molecule has 2 aromatic rings. The van der Waals surface area contributed by atoms with Gasteiger partial charge in [0.15, 0.2) is 0 Å². The number of carbonyl (C=O) groups is 1. The maximum Gasteiger partial charge on any atom is 0.340 e. The van der Waals surface area contributed by atoms with E-state index in [0.29, 0.717) is 11.4 Å². The number of benzene rings is 1. The highest BCUT2D eigenvalue weighted by molar-refractivity contribution is 6.31. The number of anilines is 1. The molecule has 0 amide bonds. The summed E-state index contributed by atoms with van der Waals surface area (Å²) < 4.78 is 16.8. The Labute approximate surface area is 107 Å². The Kier molecular flexibility index (Phi) is 4.67. The Morgan fingerprint density at radius 1 is 1.56 bits per heavy atom. The monoisotopic (exact) mass is 272 g/mol. The summed E-state index contributed by atoms with van der Waals surface area (Å²) in [6.45, 7) is 1.55. The molecule has 0 aliphatic rings. The van der Waals surface area contributed by atoms with Gasteiger partial charge in [0.25, 0.3) is 0 Å². The average molecular weight is 273 g/mol. The number of aromatic carboxylic acids is 1. The lowest BCUT2D eigenvalue weighted by Crippen LogP contribution is -1.94. The fourth-order valence-electron chi connectivity index (χ4n) is 1.02. The molecule has 0 aliphatic carbocycles. The lowest BCUT2D eigenvalue weighted by Gasteiger charge is -1.93. The molecule has 0 radical (unpaired) electrons. The fourth-order valence-corrected chi connectivity index (χ4v) is 1.21. The number of carboxylic acids is 1.